The molecule has 1 aromatic rings. The lowest BCUT2D eigenvalue weighted by Gasteiger charge is -2.36. The first-order valence-corrected chi connectivity index (χ1v) is 9.82. The van der Waals surface area contributed by atoms with Crippen LogP contribution in [-0.2, 0) is 4.79 Å². The Balaban J connectivity index is 1.69. The number of β-amino-alcohol motifs (C(OH)–C–C–N with tert-alkyl or cyclic N) is 1. The van der Waals surface area contributed by atoms with Gasteiger partial charge in [0.05, 0.1) is 6.54 Å². The van der Waals surface area contributed by atoms with E-state index in [1.165, 1.54) is 16.7 Å². The van der Waals surface area contributed by atoms with Gasteiger partial charge in [-0.25, -0.2) is 9.79 Å². The van der Waals surface area contributed by atoms with Crippen LogP contribution in [0.4, 0.5) is 4.79 Å². The van der Waals surface area contributed by atoms with E-state index in [2.05, 4.69) is 10.3 Å². The zero-order valence-corrected chi connectivity index (χ0v) is 16.4. The Kier molecular flexibility index (Phi) is 5.91. The third-order valence-corrected chi connectivity index (χ3v) is 5.42. The molecule has 3 rings (SSSR count). The first-order chi connectivity index (χ1) is 12.9. The number of thioether (sulfide) groups is 1. The van der Waals surface area contributed by atoms with Crippen LogP contribution in [0.5, 0.6) is 5.75 Å². The van der Waals surface area contributed by atoms with Crippen molar-refractivity contribution in [3.05, 3.63) is 29.8 Å². The molecule has 2 N–H and O–H groups in total. The molecular formula is C18H24N4O4S. The number of benzene rings is 1. The zero-order chi connectivity index (χ0) is 19.6. The number of rotatable bonds is 6. The van der Waals surface area contributed by atoms with E-state index in [0.717, 1.165) is 11.3 Å². The lowest BCUT2D eigenvalue weighted by Crippen LogP contribution is -2.64. The molecule has 8 nitrogen and oxygen atoms in total. The molecule has 0 aliphatic carbocycles. The summed E-state index contributed by atoms with van der Waals surface area (Å²) in [6.07, 6.45) is -1.40. The van der Waals surface area contributed by atoms with Crippen molar-refractivity contribution in [2.24, 2.45) is 4.99 Å². The molecular weight excluding hydrogens is 368 g/mol. The molecule has 1 fully saturated rings. The van der Waals surface area contributed by atoms with E-state index in [9.17, 15) is 14.7 Å². The van der Waals surface area contributed by atoms with Gasteiger partial charge in [0.1, 0.15) is 18.5 Å². The Morgan fingerprint density at radius 1 is 1.37 bits per heavy atom. The van der Waals surface area contributed by atoms with Crippen LogP contribution in [0.1, 0.15) is 12.5 Å². The number of imide groups is 1. The molecule has 1 saturated heterocycles. The standard InChI is InChI=1S/C18H24N4O4S/c1-4-27-18-19-15-14(16(24)20-17(25)21(15)3)22(18)9-12(23)10-26-13-8-6-5-7-11(13)2/h5-8,12,14-15,23H,4,9-10H2,1-3H3,(H,20,24,25). The number of fused-ring (bicyclic) bond motifs is 1. The van der Waals surface area contributed by atoms with Crippen molar-refractivity contribution in [1.82, 2.24) is 15.1 Å². The van der Waals surface area contributed by atoms with E-state index in [1.54, 1.807) is 11.9 Å². The van der Waals surface area contributed by atoms with E-state index in [-0.39, 0.29) is 13.2 Å². The number of carbonyl (C=O) groups is 2. The van der Waals surface area contributed by atoms with Crippen LogP contribution in [-0.4, -0.2) is 76.3 Å². The van der Waals surface area contributed by atoms with Crippen LogP contribution < -0.4 is 10.1 Å². The Morgan fingerprint density at radius 3 is 2.81 bits per heavy atom. The topological polar surface area (TPSA) is 94.5 Å². The van der Waals surface area contributed by atoms with Gasteiger partial charge in [-0.3, -0.25) is 10.1 Å². The number of hydrogen-bond donors (Lipinski definition) is 2. The van der Waals surface area contributed by atoms with E-state index < -0.39 is 30.2 Å². The number of likely N-dealkylation sites (N-methyl/N-ethyl adjacent to an activating group) is 1. The summed E-state index contributed by atoms with van der Waals surface area (Å²) < 4.78 is 5.72. The summed E-state index contributed by atoms with van der Waals surface area (Å²) in [6, 6.07) is 6.48. The van der Waals surface area contributed by atoms with Gasteiger partial charge in [-0.15, -0.1) is 0 Å². The van der Waals surface area contributed by atoms with E-state index in [0.29, 0.717) is 10.9 Å². The molecule has 27 heavy (non-hydrogen) atoms. The highest BCUT2D eigenvalue weighted by molar-refractivity contribution is 8.13. The van der Waals surface area contributed by atoms with Crippen LogP contribution in [0.2, 0.25) is 0 Å². The van der Waals surface area contributed by atoms with E-state index in [1.807, 2.05) is 38.1 Å². The Hall–Kier alpha value is -2.26. The van der Waals surface area contributed by atoms with Crippen LogP contribution in [0.15, 0.2) is 29.3 Å². The lowest BCUT2D eigenvalue weighted by molar-refractivity contribution is -0.127. The minimum absolute atomic E-state index is 0.0964. The number of para-hydroxylation sites is 1. The number of carbonyl (C=O) groups excluding carboxylic acids is 2. The van der Waals surface area contributed by atoms with Crippen molar-refractivity contribution < 1.29 is 19.4 Å². The number of amidine groups is 1. The number of nitrogens with zero attached hydrogens (tertiary/aromatic N) is 3. The van der Waals surface area contributed by atoms with Crippen molar-refractivity contribution in [2.45, 2.75) is 32.2 Å². The SMILES string of the molecule is CCSC1=NC2C(C(=O)NC(=O)N2C)N1CC(O)COc1ccccc1C. The Labute approximate surface area is 162 Å². The van der Waals surface area contributed by atoms with Gasteiger partial charge in [0.15, 0.2) is 17.4 Å². The average Bonchev–Trinajstić information content (AvgIpc) is 2.98. The minimum Gasteiger partial charge on any atom is -0.491 e. The molecule has 3 amide bonds. The van der Waals surface area contributed by atoms with Gasteiger partial charge in [0, 0.05) is 7.05 Å². The monoisotopic (exact) mass is 392 g/mol. The predicted molar refractivity (Wildman–Crippen MR) is 104 cm³/mol. The van der Waals surface area contributed by atoms with Gasteiger partial charge in [0.2, 0.25) is 0 Å². The minimum atomic E-state index is -0.818. The van der Waals surface area contributed by atoms with Gasteiger partial charge >= 0.3 is 6.03 Å². The van der Waals surface area contributed by atoms with E-state index >= 15 is 0 Å². The van der Waals surface area contributed by atoms with Crippen molar-refractivity contribution in [2.75, 3.05) is 26.0 Å². The molecule has 2 aliphatic heterocycles. The molecule has 0 radical (unpaired) electrons. The molecule has 0 bridgehead atoms. The van der Waals surface area contributed by atoms with Crippen molar-refractivity contribution >= 4 is 28.9 Å². The van der Waals surface area contributed by atoms with Crippen molar-refractivity contribution in [3.63, 3.8) is 0 Å². The molecule has 146 valence electrons. The smallest absolute Gasteiger partial charge is 0.325 e. The number of amides is 3. The highest BCUT2D eigenvalue weighted by atomic mass is 32.2. The molecule has 9 heteroatoms. The summed E-state index contributed by atoms with van der Waals surface area (Å²) in [6.45, 7) is 4.21. The first-order valence-electron chi connectivity index (χ1n) is 8.83. The van der Waals surface area contributed by atoms with Gasteiger partial charge < -0.3 is 19.6 Å². The number of hydrogen-bond acceptors (Lipinski definition) is 7. The summed E-state index contributed by atoms with van der Waals surface area (Å²) >= 11 is 1.48. The molecule has 0 saturated carbocycles. The summed E-state index contributed by atoms with van der Waals surface area (Å²) in [5.41, 5.74) is 0.988. The molecule has 2 aliphatic rings. The third-order valence-electron chi connectivity index (χ3n) is 4.53. The maximum Gasteiger partial charge on any atom is 0.325 e. The number of nitrogens with one attached hydrogen (secondary N) is 1. The number of aliphatic hydroxyl groups excluding tert-OH is 1. The second-order valence-corrected chi connectivity index (χ2v) is 7.72. The van der Waals surface area contributed by atoms with Gasteiger partial charge in [0.25, 0.3) is 5.91 Å². The Morgan fingerprint density at radius 2 is 2.11 bits per heavy atom. The lowest BCUT2D eigenvalue weighted by atomic mass is 10.1. The fourth-order valence-corrected chi connectivity index (χ4v) is 3.92. The molecule has 3 atom stereocenters. The average molecular weight is 392 g/mol. The predicted octanol–water partition coefficient (Wildman–Crippen LogP) is 1.04. The summed E-state index contributed by atoms with van der Waals surface area (Å²) in [4.78, 5) is 32.0. The highest BCUT2D eigenvalue weighted by Gasteiger charge is 2.48. The van der Waals surface area contributed by atoms with Crippen LogP contribution in [0.25, 0.3) is 0 Å². The molecule has 0 aromatic heterocycles. The third kappa shape index (κ3) is 4.03. The second kappa shape index (κ2) is 8.18. The van der Waals surface area contributed by atoms with Crippen LogP contribution >= 0.6 is 11.8 Å². The van der Waals surface area contributed by atoms with Crippen molar-refractivity contribution in [1.29, 1.82) is 0 Å². The largest absolute Gasteiger partial charge is 0.491 e. The first kappa shape index (κ1) is 19.5. The fraction of sp³-hybridized carbons (Fsp3) is 0.500. The zero-order valence-electron chi connectivity index (χ0n) is 15.6. The van der Waals surface area contributed by atoms with Crippen LogP contribution in [0, 0.1) is 6.92 Å². The maximum absolute atomic E-state index is 12.4. The number of aliphatic imine (C=N–C) groups is 1. The summed E-state index contributed by atoms with van der Waals surface area (Å²) in [7, 11) is 1.61. The van der Waals surface area contributed by atoms with Gasteiger partial charge in [-0.1, -0.05) is 36.9 Å². The van der Waals surface area contributed by atoms with Crippen molar-refractivity contribution in [3.8, 4) is 5.75 Å². The molecule has 1 aromatic carbocycles. The molecule has 3 unspecified atom stereocenters. The van der Waals surface area contributed by atoms with E-state index in [4.69, 9.17) is 4.74 Å². The number of aliphatic hydroxyl groups is 1. The quantitative estimate of drug-likeness (QED) is 0.751. The van der Waals surface area contributed by atoms with Crippen LogP contribution in [0.3, 0.4) is 0 Å². The normalized spacial score (nSPS) is 23.0. The molecule has 0 spiro atoms. The number of aryl methyl sites for hydroxylation is 1. The second-order valence-electron chi connectivity index (χ2n) is 6.49. The number of urea groups is 1. The van der Waals surface area contributed by atoms with Gasteiger partial charge in [-0.05, 0) is 24.3 Å². The maximum atomic E-state index is 12.4. The van der Waals surface area contributed by atoms with Gasteiger partial charge in [-0.2, -0.15) is 0 Å². The number of ether oxygens (including phenoxy) is 1. The summed E-state index contributed by atoms with van der Waals surface area (Å²) in [5, 5.41) is 13.5. The Bertz CT molecular complexity index is 757. The fourth-order valence-electron chi connectivity index (χ4n) is 3.13. The molecule has 2 heterocycles. The highest BCUT2D eigenvalue weighted by Crippen LogP contribution is 2.28. The summed E-state index contributed by atoms with van der Waals surface area (Å²) in [5.74, 6) is 1.09.